The average molecular weight is 694 g/mol. The number of rotatable bonds is 11. The number of imidazole rings is 1. The molecule has 0 saturated carbocycles. The van der Waals surface area contributed by atoms with Gasteiger partial charge in [0.25, 0.3) is 0 Å². The summed E-state index contributed by atoms with van der Waals surface area (Å²) in [6, 6.07) is 23.3. The summed E-state index contributed by atoms with van der Waals surface area (Å²) >= 11 is 6.31. The van der Waals surface area contributed by atoms with Gasteiger partial charge in [0, 0.05) is 50.0 Å². The number of anilines is 1. The molecular formula is C42H49ClFN5O. The van der Waals surface area contributed by atoms with Crippen molar-refractivity contribution in [3.05, 3.63) is 124 Å². The number of piperazine rings is 1. The zero-order chi connectivity index (χ0) is 34.7. The number of hydrogen-bond acceptors (Lipinski definition) is 4. The Kier molecular flexibility index (Phi) is 10.3. The van der Waals surface area contributed by atoms with Gasteiger partial charge in [-0.2, -0.15) is 0 Å². The second-order valence-corrected chi connectivity index (χ2v) is 15.4. The van der Waals surface area contributed by atoms with Gasteiger partial charge in [0.05, 0.1) is 24.2 Å². The van der Waals surface area contributed by atoms with Crippen LogP contribution in [0.1, 0.15) is 57.9 Å². The standard InChI is InChI=1S/C42H49ClFN5O/c1-42(2)20-19-38(32-11-13-34(43)14-12-32)33(28-42)30-46-22-24-47(25-23-46)36-8-5-7-31(27-36)29-49-40-10-4-3-9-39(40)48(41(49)45)21-6-26-50-37-17-15-35(44)16-18-37/h3-5,7-11,13,15-18,27,45H,6,12,14,19-26,28-30H2,1-2H3. The summed E-state index contributed by atoms with van der Waals surface area (Å²) in [7, 11) is 0. The predicted octanol–water partition coefficient (Wildman–Crippen LogP) is 9.05. The quantitative estimate of drug-likeness (QED) is 0.160. The maximum Gasteiger partial charge on any atom is 0.203 e. The van der Waals surface area contributed by atoms with E-state index >= 15 is 0 Å². The molecular weight excluding hydrogens is 645 g/mol. The second kappa shape index (κ2) is 15.0. The molecule has 0 radical (unpaired) electrons. The molecule has 3 aromatic carbocycles. The molecule has 7 rings (SSSR count). The van der Waals surface area contributed by atoms with Crippen LogP contribution in [-0.4, -0.2) is 53.4 Å². The SMILES string of the molecule is CC1(C)CCC(C2=CC=C(Cl)CC2)=C(CN2CCN(c3cccc(Cn4c(=N)n(CCCOc5ccc(F)cc5)c5ccccc54)c3)CC2)C1. The van der Waals surface area contributed by atoms with E-state index in [0.29, 0.717) is 36.5 Å². The van der Waals surface area contributed by atoms with E-state index in [9.17, 15) is 4.39 Å². The van der Waals surface area contributed by atoms with E-state index in [-0.39, 0.29) is 5.82 Å². The van der Waals surface area contributed by atoms with Crippen molar-refractivity contribution in [2.24, 2.45) is 5.41 Å². The Balaban J connectivity index is 1.00. The number of halogens is 2. The van der Waals surface area contributed by atoms with E-state index in [1.807, 2.05) is 12.1 Å². The molecule has 1 aromatic heterocycles. The van der Waals surface area contributed by atoms with Gasteiger partial charge in [-0.25, -0.2) is 4.39 Å². The monoisotopic (exact) mass is 693 g/mol. The third-order valence-corrected chi connectivity index (χ3v) is 11.0. The minimum absolute atomic E-state index is 0.272. The van der Waals surface area contributed by atoms with Crippen LogP contribution in [0, 0.1) is 16.6 Å². The number of hydrogen-bond donors (Lipinski definition) is 1. The lowest BCUT2D eigenvalue weighted by Crippen LogP contribution is -2.47. The number of aryl methyl sites for hydroxylation is 1. The normalized spacial score (nSPS) is 18.4. The third-order valence-electron chi connectivity index (χ3n) is 10.6. The summed E-state index contributed by atoms with van der Waals surface area (Å²) < 4.78 is 23.2. The highest BCUT2D eigenvalue weighted by atomic mass is 35.5. The molecule has 3 aliphatic rings. The van der Waals surface area contributed by atoms with Crippen molar-refractivity contribution in [1.82, 2.24) is 14.0 Å². The van der Waals surface area contributed by atoms with Gasteiger partial charge in [-0.05, 0) is 115 Å². The molecule has 0 unspecified atom stereocenters. The van der Waals surface area contributed by atoms with Gasteiger partial charge >= 0.3 is 0 Å². The van der Waals surface area contributed by atoms with Crippen LogP contribution < -0.4 is 15.3 Å². The highest BCUT2D eigenvalue weighted by molar-refractivity contribution is 6.29. The number of ether oxygens (including phenoxy) is 1. The summed E-state index contributed by atoms with van der Waals surface area (Å²) in [5.41, 5.74) is 10.1. The number of benzene rings is 3. The highest BCUT2D eigenvalue weighted by Crippen LogP contribution is 2.43. The van der Waals surface area contributed by atoms with Gasteiger partial charge in [-0.3, -0.25) is 10.3 Å². The van der Waals surface area contributed by atoms with Crippen molar-refractivity contribution >= 4 is 28.3 Å². The Bertz CT molecular complexity index is 1980. The Morgan fingerprint density at radius 2 is 1.60 bits per heavy atom. The number of aromatic nitrogens is 2. The average Bonchev–Trinajstić information content (AvgIpc) is 3.38. The van der Waals surface area contributed by atoms with Crippen LogP contribution in [-0.2, 0) is 13.1 Å². The van der Waals surface area contributed by atoms with Crippen LogP contribution >= 0.6 is 11.6 Å². The summed E-state index contributed by atoms with van der Waals surface area (Å²) in [5.74, 6) is 0.383. The van der Waals surface area contributed by atoms with E-state index < -0.39 is 0 Å². The summed E-state index contributed by atoms with van der Waals surface area (Å²) in [4.78, 5) is 5.18. The molecule has 50 heavy (non-hydrogen) atoms. The largest absolute Gasteiger partial charge is 0.494 e. The number of nitrogens with zero attached hydrogens (tertiary/aromatic N) is 4. The number of fused-ring (bicyclic) bond motifs is 1. The molecule has 0 spiro atoms. The Morgan fingerprint density at radius 1 is 0.840 bits per heavy atom. The zero-order valence-electron chi connectivity index (χ0n) is 29.4. The summed E-state index contributed by atoms with van der Waals surface area (Å²) in [6.07, 6.45) is 10.7. The van der Waals surface area contributed by atoms with Crippen molar-refractivity contribution in [2.75, 3.05) is 44.2 Å². The Labute approximate surface area is 300 Å². The third kappa shape index (κ3) is 7.95. The van der Waals surface area contributed by atoms with E-state index in [1.165, 1.54) is 48.2 Å². The predicted molar refractivity (Wildman–Crippen MR) is 202 cm³/mol. The first-order valence-electron chi connectivity index (χ1n) is 18.2. The first-order chi connectivity index (χ1) is 24.2. The fourth-order valence-electron chi connectivity index (χ4n) is 7.91. The lowest BCUT2D eigenvalue weighted by atomic mass is 9.72. The molecule has 1 fully saturated rings. The molecule has 2 aliphatic carbocycles. The van der Waals surface area contributed by atoms with Crippen molar-refractivity contribution in [1.29, 1.82) is 5.41 Å². The Hall–Kier alpha value is -4.07. The molecule has 6 nitrogen and oxygen atoms in total. The minimum Gasteiger partial charge on any atom is -0.494 e. The van der Waals surface area contributed by atoms with Crippen molar-refractivity contribution < 1.29 is 9.13 Å². The molecule has 1 saturated heterocycles. The van der Waals surface area contributed by atoms with E-state index in [2.05, 4.69) is 81.3 Å². The van der Waals surface area contributed by atoms with E-state index in [0.717, 1.165) is 68.1 Å². The lowest BCUT2D eigenvalue weighted by molar-refractivity contribution is 0.251. The minimum atomic E-state index is -0.272. The zero-order valence-corrected chi connectivity index (χ0v) is 30.2. The van der Waals surface area contributed by atoms with Gasteiger partial charge < -0.3 is 18.8 Å². The second-order valence-electron chi connectivity index (χ2n) is 14.9. The van der Waals surface area contributed by atoms with E-state index in [4.69, 9.17) is 21.7 Å². The van der Waals surface area contributed by atoms with Crippen LogP contribution in [0.2, 0.25) is 0 Å². The first-order valence-corrected chi connectivity index (χ1v) is 18.5. The molecule has 0 bridgehead atoms. The van der Waals surface area contributed by atoms with Crippen LogP contribution in [0.4, 0.5) is 10.1 Å². The maximum atomic E-state index is 13.2. The van der Waals surface area contributed by atoms with Crippen LogP contribution in [0.3, 0.4) is 0 Å². The maximum absolute atomic E-state index is 13.2. The molecule has 4 aromatic rings. The molecule has 1 aliphatic heterocycles. The van der Waals surface area contributed by atoms with Crippen molar-refractivity contribution in [2.45, 2.75) is 65.5 Å². The fraction of sp³-hybridized carbons (Fsp3) is 0.405. The number of para-hydroxylation sites is 2. The van der Waals surface area contributed by atoms with Crippen LogP contribution in [0.25, 0.3) is 11.0 Å². The molecule has 0 atom stereocenters. The fourth-order valence-corrected chi connectivity index (χ4v) is 8.07. The lowest BCUT2D eigenvalue weighted by Gasteiger charge is -2.40. The van der Waals surface area contributed by atoms with Crippen LogP contribution in [0.15, 0.2) is 107 Å². The van der Waals surface area contributed by atoms with E-state index in [1.54, 1.807) is 23.3 Å². The first kappa shape index (κ1) is 34.4. The van der Waals surface area contributed by atoms with Crippen molar-refractivity contribution in [3.8, 4) is 5.75 Å². The van der Waals surface area contributed by atoms with Gasteiger partial charge in [-0.1, -0.05) is 61.4 Å². The topological polar surface area (TPSA) is 49.4 Å². The van der Waals surface area contributed by atoms with Gasteiger partial charge in [0.1, 0.15) is 11.6 Å². The Morgan fingerprint density at radius 3 is 2.34 bits per heavy atom. The van der Waals surface area contributed by atoms with Crippen molar-refractivity contribution in [3.63, 3.8) is 0 Å². The van der Waals surface area contributed by atoms with Gasteiger partial charge in [0.15, 0.2) is 0 Å². The van der Waals surface area contributed by atoms with Crippen LogP contribution in [0.5, 0.6) is 5.75 Å². The number of allylic oxidation sites excluding steroid dienone is 5. The molecule has 8 heteroatoms. The highest BCUT2D eigenvalue weighted by Gasteiger charge is 2.30. The summed E-state index contributed by atoms with van der Waals surface area (Å²) in [6.45, 7) is 11.8. The molecule has 0 amide bonds. The molecule has 1 N–H and O–H groups in total. The van der Waals surface area contributed by atoms with Gasteiger partial charge in [0.2, 0.25) is 5.62 Å². The number of nitrogens with one attached hydrogen (secondary N) is 1. The smallest absolute Gasteiger partial charge is 0.203 e. The summed E-state index contributed by atoms with van der Waals surface area (Å²) in [5, 5.41) is 10.1. The molecule has 262 valence electrons. The molecule has 2 heterocycles. The van der Waals surface area contributed by atoms with Gasteiger partial charge in [-0.15, -0.1) is 0 Å².